The number of nitrogens with one attached hydrogen (secondary N) is 1. The number of hydrogen-bond donors (Lipinski definition) is 2. The van der Waals surface area contributed by atoms with Gasteiger partial charge in [0.25, 0.3) is 21.6 Å². The van der Waals surface area contributed by atoms with Gasteiger partial charge in [-0.15, -0.1) is 0 Å². The van der Waals surface area contributed by atoms with Gasteiger partial charge in [-0.1, -0.05) is 24.3 Å². The molecule has 2 aromatic heterocycles. The summed E-state index contributed by atoms with van der Waals surface area (Å²) in [6, 6.07) is 3.72. The van der Waals surface area contributed by atoms with Crippen molar-refractivity contribution in [3.8, 4) is 0 Å². The van der Waals surface area contributed by atoms with Gasteiger partial charge >= 0.3 is 6.18 Å². The first kappa shape index (κ1) is 27.6. The second-order valence-electron chi connectivity index (χ2n) is 9.12. The molecule has 0 aliphatic heterocycles. The normalized spacial score (nSPS) is 18.8. The molecule has 0 bridgehead atoms. The van der Waals surface area contributed by atoms with E-state index in [9.17, 15) is 30.9 Å². The number of H-pyrrole nitrogens is 1. The molecule has 0 radical (unpaired) electrons. The van der Waals surface area contributed by atoms with Gasteiger partial charge in [0.2, 0.25) is 0 Å². The Morgan fingerprint density at radius 3 is 2.37 bits per heavy atom. The Hall–Kier alpha value is -3.39. The maximum atomic E-state index is 15.1. The fourth-order valence-electron chi connectivity index (χ4n) is 4.54. The van der Waals surface area contributed by atoms with Crippen LogP contribution in [0.25, 0.3) is 11.0 Å². The van der Waals surface area contributed by atoms with Gasteiger partial charge in [0.1, 0.15) is 11.2 Å². The van der Waals surface area contributed by atoms with Crippen molar-refractivity contribution in [3.63, 3.8) is 0 Å². The van der Waals surface area contributed by atoms with Crippen molar-refractivity contribution in [2.24, 2.45) is 0 Å². The lowest BCUT2D eigenvalue weighted by Gasteiger charge is -2.29. The summed E-state index contributed by atoms with van der Waals surface area (Å²) in [4.78, 5) is 19.7. The van der Waals surface area contributed by atoms with Crippen LogP contribution in [0.4, 0.5) is 22.0 Å². The molecule has 4 rings (SSSR count). The lowest BCUT2D eigenvalue weighted by molar-refractivity contribution is -0.137. The summed E-state index contributed by atoms with van der Waals surface area (Å²) in [5, 5.41) is 2.00. The highest BCUT2D eigenvalue weighted by molar-refractivity contribution is 7.86. The molecule has 8 nitrogen and oxygen atoms in total. The molecule has 2 unspecified atom stereocenters. The summed E-state index contributed by atoms with van der Waals surface area (Å²) in [6.45, 7) is 4.54. The number of aromatic amines is 1. The van der Waals surface area contributed by atoms with Crippen LogP contribution >= 0.6 is 0 Å². The summed E-state index contributed by atoms with van der Waals surface area (Å²) in [5.41, 5.74) is -1.18. The molecule has 1 aromatic carbocycles. The molecule has 2 N–H and O–H groups in total. The standard InChI is InChI=1S/C24H23F5N4O4S/c1-12-4-11-19(38(35,36)37)23(25,26)17(12)9-10-18-20-21(30-14(3)31-22(20)34)33(32-18)13(2)15-5-7-16(8-6-15)24(27,28)29/h4-8,11,13,19H,9-10H2,1-3H3,(H,30,31,34)(H,35,36,37). The van der Waals surface area contributed by atoms with Crippen molar-refractivity contribution < 1.29 is 34.9 Å². The van der Waals surface area contributed by atoms with E-state index in [4.69, 9.17) is 0 Å². The highest BCUT2D eigenvalue weighted by Gasteiger charge is 2.50. The average molecular weight is 559 g/mol. The minimum atomic E-state index is -5.10. The van der Waals surface area contributed by atoms with Crippen molar-refractivity contribution in [1.29, 1.82) is 0 Å². The first-order chi connectivity index (χ1) is 17.5. The zero-order valence-corrected chi connectivity index (χ0v) is 21.2. The van der Waals surface area contributed by atoms with E-state index < -0.39 is 50.2 Å². The lowest BCUT2D eigenvalue weighted by Crippen LogP contribution is -2.42. The summed E-state index contributed by atoms with van der Waals surface area (Å²) in [5.74, 6) is -3.66. The molecule has 2 heterocycles. The molecular formula is C24H23F5N4O4S. The summed E-state index contributed by atoms with van der Waals surface area (Å²) >= 11 is 0. The zero-order chi connectivity index (χ0) is 28.2. The van der Waals surface area contributed by atoms with Gasteiger partial charge in [0, 0.05) is 5.57 Å². The van der Waals surface area contributed by atoms with Crippen LogP contribution in [0.1, 0.15) is 49.0 Å². The number of allylic oxidation sites excluding steroid dienone is 3. The van der Waals surface area contributed by atoms with Crippen LogP contribution in [0.2, 0.25) is 0 Å². The molecule has 14 heteroatoms. The zero-order valence-electron chi connectivity index (χ0n) is 20.3. The van der Waals surface area contributed by atoms with Crippen molar-refractivity contribution in [1.82, 2.24) is 19.7 Å². The van der Waals surface area contributed by atoms with Gasteiger partial charge in [-0.2, -0.15) is 35.5 Å². The highest BCUT2D eigenvalue weighted by Crippen LogP contribution is 2.40. The first-order valence-corrected chi connectivity index (χ1v) is 12.9. The predicted octanol–water partition coefficient (Wildman–Crippen LogP) is 4.77. The fourth-order valence-corrected chi connectivity index (χ4v) is 5.34. The largest absolute Gasteiger partial charge is 0.416 e. The molecule has 204 valence electrons. The predicted molar refractivity (Wildman–Crippen MR) is 129 cm³/mol. The Bertz CT molecular complexity index is 1620. The summed E-state index contributed by atoms with van der Waals surface area (Å²) in [6.07, 6.45) is -3.20. The Morgan fingerprint density at radius 2 is 1.79 bits per heavy atom. The second-order valence-corrected chi connectivity index (χ2v) is 10.7. The highest BCUT2D eigenvalue weighted by atomic mass is 32.2. The van der Waals surface area contributed by atoms with E-state index in [0.717, 1.165) is 18.2 Å². The molecule has 0 spiro atoms. The quantitative estimate of drug-likeness (QED) is 0.333. The fraction of sp³-hybridized carbons (Fsp3) is 0.375. The SMILES string of the molecule is CC1=C(CCc2nn(C(C)c3ccc(C(F)(F)F)cc3)c3nc(C)[nH]c(=O)c23)C(F)(F)C(S(=O)(=O)O)C=C1. The van der Waals surface area contributed by atoms with Crippen LogP contribution in [0, 0.1) is 6.92 Å². The van der Waals surface area contributed by atoms with Crippen LogP contribution < -0.4 is 5.56 Å². The number of benzene rings is 1. The Labute approximate surface area is 213 Å². The third-order valence-electron chi connectivity index (χ3n) is 6.53. The van der Waals surface area contributed by atoms with E-state index in [2.05, 4.69) is 15.1 Å². The van der Waals surface area contributed by atoms with Gasteiger partial charge in [0.15, 0.2) is 10.9 Å². The van der Waals surface area contributed by atoms with Crippen LogP contribution in [0.3, 0.4) is 0 Å². The number of aryl methyl sites for hydroxylation is 2. The van der Waals surface area contributed by atoms with Crippen LogP contribution in [-0.4, -0.2) is 43.9 Å². The third kappa shape index (κ3) is 5.01. The minimum Gasteiger partial charge on any atom is -0.310 e. The van der Waals surface area contributed by atoms with Crippen LogP contribution in [0.15, 0.2) is 52.4 Å². The average Bonchev–Trinajstić information content (AvgIpc) is 3.15. The van der Waals surface area contributed by atoms with E-state index in [-0.39, 0.29) is 41.0 Å². The number of alkyl halides is 5. The summed E-state index contributed by atoms with van der Waals surface area (Å²) < 4.78 is 103. The van der Waals surface area contributed by atoms with Gasteiger partial charge in [-0.25, -0.2) is 9.67 Å². The maximum absolute atomic E-state index is 15.1. The maximum Gasteiger partial charge on any atom is 0.416 e. The Morgan fingerprint density at radius 1 is 1.16 bits per heavy atom. The summed E-state index contributed by atoms with van der Waals surface area (Å²) in [7, 11) is -5.10. The van der Waals surface area contributed by atoms with E-state index in [1.54, 1.807) is 6.92 Å². The van der Waals surface area contributed by atoms with E-state index >= 15 is 8.78 Å². The van der Waals surface area contributed by atoms with E-state index in [1.807, 2.05) is 0 Å². The number of rotatable bonds is 6. The topological polar surface area (TPSA) is 118 Å². The molecule has 1 aliphatic carbocycles. The molecule has 0 saturated carbocycles. The van der Waals surface area contributed by atoms with Gasteiger partial charge in [-0.3, -0.25) is 9.35 Å². The molecule has 1 aliphatic rings. The number of aromatic nitrogens is 4. The third-order valence-corrected chi connectivity index (χ3v) is 7.62. The molecule has 0 fully saturated rings. The minimum absolute atomic E-state index is 0.0219. The molecular weight excluding hydrogens is 535 g/mol. The van der Waals surface area contributed by atoms with E-state index in [1.165, 1.54) is 36.7 Å². The van der Waals surface area contributed by atoms with Crippen molar-refractivity contribution >= 4 is 21.2 Å². The molecule has 2 atom stereocenters. The number of nitrogens with zero attached hydrogens (tertiary/aromatic N) is 3. The number of fused-ring (bicyclic) bond motifs is 1. The smallest absolute Gasteiger partial charge is 0.310 e. The van der Waals surface area contributed by atoms with E-state index in [0.29, 0.717) is 5.56 Å². The van der Waals surface area contributed by atoms with Crippen molar-refractivity contribution in [3.05, 3.63) is 80.6 Å². The number of halogens is 5. The molecule has 3 aromatic rings. The monoisotopic (exact) mass is 558 g/mol. The first-order valence-electron chi connectivity index (χ1n) is 11.4. The molecule has 0 amide bonds. The number of hydrogen-bond acceptors (Lipinski definition) is 5. The van der Waals surface area contributed by atoms with Crippen molar-refractivity contribution in [2.45, 2.75) is 57.0 Å². The van der Waals surface area contributed by atoms with Gasteiger partial charge < -0.3 is 4.98 Å². The second kappa shape index (κ2) is 9.42. The van der Waals surface area contributed by atoms with Crippen LogP contribution in [-0.2, 0) is 22.7 Å². The molecule has 0 saturated heterocycles. The Balaban J connectivity index is 1.74. The lowest BCUT2D eigenvalue weighted by atomic mass is 9.90. The Kier molecular flexibility index (Phi) is 6.85. The van der Waals surface area contributed by atoms with Crippen LogP contribution in [0.5, 0.6) is 0 Å². The molecule has 38 heavy (non-hydrogen) atoms. The van der Waals surface area contributed by atoms with Gasteiger partial charge in [0.05, 0.1) is 17.3 Å². The van der Waals surface area contributed by atoms with Gasteiger partial charge in [-0.05, 0) is 56.9 Å². The van der Waals surface area contributed by atoms with Crippen molar-refractivity contribution in [2.75, 3.05) is 0 Å².